The molecule has 66 valence electrons. The Bertz CT molecular complexity index is 141. The molecular formula is C8H20NPSi. The van der Waals surface area contributed by atoms with Crippen molar-refractivity contribution >= 4 is 22.4 Å². The highest BCUT2D eigenvalue weighted by atomic mass is 31.1. The van der Waals surface area contributed by atoms with Crippen molar-refractivity contribution in [2.75, 3.05) is 0 Å². The number of hydrogen-bond donors (Lipinski definition) is 1. The molecule has 0 saturated carbocycles. The van der Waals surface area contributed by atoms with Crippen molar-refractivity contribution in [3.63, 3.8) is 0 Å². The minimum atomic E-state index is -1.05. The molecule has 0 spiro atoms. The largest absolute Gasteiger partial charge is 0.292 e. The maximum absolute atomic E-state index is 3.53. The van der Waals surface area contributed by atoms with E-state index in [9.17, 15) is 0 Å². The molecule has 0 rings (SSSR count). The minimum Gasteiger partial charge on any atom is -0.292 e. The third kappa shape index (κ3) is 10.3. The van der Waals surface area contributed by atoms with E-state index in [1.165, 1.54) is 8.35 Å². The predicted molar refractivity (Wildman–Crippen MR) is 58.9 cm³/mol. The second kappa shape index (κ2) is 3.84. The van der Waals surface area contributed by atoms with Crippen LogP contribution in [0.25, 0.3) is 0 Å². The third-order valence-corrected chi connectivity index (χ3v) is 4.96. The normalized spacial score (nSPS) is 14.4. The molecule has 0 saturated heterocycles. The van der Waals surface area contributed by atoms with Gasteiger partial charge in [0.25, 0.3) is 0 Å². The van der Waals surface area contributed by atoms with Crippen LogP contribution in [-0.2, 0) is 0 Å². The van der Waals surface area contributed by atoms with Crippen LogP contribution in [0.4, 0.5) is 0 Å². The van der Waals surface area contributed by atoms with Gasteiger partial charge < -0.3 is 0 Å². The molecule has 0 aliphatic rings. The van der Waals surface area contributed by atoms with Crippen LogP contribution in [0.3, 0.4) is 0 Å². The van der Waals surface area contributed by atoms with Gasteiger partial charge in [0.2, 0.25) is 0 Å². The zero-order valence-corrected chi connectivity index (χ0v) is 10.4. The molecule has 0 bridgehead atoms. The Kier molecular flexibility index (Phi) is 3.96. The van der Waals surface area contributed by atoms with Gasteiger partial charge in [-0.05, 0) is 19.6 Å². The fourth-order valence-electron chi connectivity index (χ4n) is 0.420. The quantitative estimate of drug-likeness (QED) is 0.520. The molecule has 0 aromatic rings. The minimum absolute atomic E-state index is 0.341. The van der Waals surface area contributed by atoms with Crippen molar-refractivity contribution in [2.24, 2.45) is 5.41 Å². The van der Waals surface area contributed by atoms with Crippen LogP contribution in [0.15, 0.2) is 0 Å². The molecule has 0 radical (unpaired) electrons. The highest BCUT2D eigenvalue weighted by Gasteiger charge is 2.11. The molecule has 0 aliphatic heterocycles. The van der Waals surface area contributed by atoms with E-state index in [1.54, 1.807) is 0 Å². The molecule has 0 atom stereocenters. The lowest BCUT2D eigenvalue weighted by molar-refractivity contribution is 0.614. The Hall–Kier alpha value is 0.347. The first kappa shape index (κ1) is 11.3. The average molecular weight is 189 g/mol. The number of nitrogens with one attached hydrogen (secondary N) is 1. The van der Waals surface area contributed by atoms with Gasteiger partial charge in [0.1, 0.15) is 8.24 Å². The summed E-state index contributed by atoms with van der Waals surface area (Å²) in [6.45, 7) is 13.6. The molecule has 0 fully saturated rings. The molecule has 0 aliphatic carbocycles. The van der Waals surface area contributed by atoms with E-state index < -0.39 is 8.24 Å². The highest BCUT2D eigenvalue weighted by molar-refractivity contribution is 7.39. The fraction of sp³-hybridized carbons (Fsp3) is 0.875. The van der Waals surface area contributed by atoms with Crippen molar-refractivity contribution in [2.45, 2.75) is 40.4 Å². The highest BCUT2D eigenvalue weighted by Crippen LogP contribution is 2.12. The summed E-state index contributed by atoms with van der Waals surface area (Å²) >= 11 is 0. The van der Waals surface area contributed by atoms with E-state index >= 15 is 0 Å². The summed E-state index contributed by atoms with van der Waals surface area (Å²) in [4.78, 5) is 0. The molecule has 0 heterocycles. The SMILES string of the molecule is CC(C)(C)C=PN[Si](C)(C)C. The summed E-state index contributed by atoms with van der Waals surface area (Å²) in [5.41, 5.74) is 0.341. The summed E-state index contributed by atoms with van der Waals surface area (Å²) in [5, 5.41) is 0. The van der Waals surface area contributed by atoms with Gasteiger partial charge in [-0.1, -0.05) is 40.4 Å². The van der Waals surface area contributed by atoms with Crippen LogP contribution >= 0.6 is 8.35 Å². The van der Waals surface area contributed by atoms with Crippen molar-refractivity contribution in [3.05, 3.63) is 0 Å². The van der Waals surface area contributed by atoms with Gasteiger partial charge in [0.05, 0.1) is 0 Å². The Balaban J connectivity index is 3.80. The molecule has 11 heavy (non-hydrogen) atoms. The van der Waals surface area contributed by atoms with Crippen molar-refractivity contribution in [1.29, 1.82) is 0 Å². The molecule has 1 N–H and O–H groups in total. The van der Waals surface area contributed by atoms with E-state index in [2.05, 4.69) is 51.0 Å². The summed E-state index contributed by atoms with van der Waals surface area (Å²) in [6.07, 6.45) is 0. The van der Waals surface area contributed by atoms with E-state index in [0.29, 0.717) is 5.41 Å². The summed E-state index contributed by atoms with van der Waals surface area (Å²) in [7, 11) is 0.237. The second-order valence-electron chi connectivity index (χ2n) is 4.99. The third-order valence-electron chi connectivity index (χ3n) is 0.852. The fourth-order valence-corrected chi connectivity index (χ4v) is 2.61. The van der Waals surface area contributed by atoms with Crippen LogP contribution in [0.1, 0.15) is 20.8 Å². The van der Waals surface area contributed by atoms with Gasteiger partial charge in [0.15, 0.2) is 0 Å². The average Bonchev–Trinajstić information content (AvgIpc) is 1.55. The van der Waals surface area contributed by atoms with Gasteiger partial charge in [0, 0.05) is 0 Å². The molecular weight excluding hydrogens is 169 g/mol. The first-order chi connectivity index (χ1) is 4.71. The lowest BCUT2D eigenvalue weighted by Gasteiger charge is -2.16. The molecule has 0 amide bonds. The van der Waals surface area contributed by atoms with E-state index in [0.717, 1.165) is 0 Å². The van der Waals surface area contributed by atoms with E-state index in [-0.39, 0.29) is 0 Å². The predicted octanol–water partition coefficient (Wildman–Crippen LogP) is 3.12. The molecule has 0 aromatic carbocycles. The Morgan fingerprint density at radius 1 is 1.18 bits per heavy atom. The summed E-state index contributed by atoms with van der Waals surface area (Å²) in [5.74, 6) is 2.31. The van der Waals surface area contributed by atoms with Gasteiger partial charge >= 0.3 is 0 Å². The molecule has 3 heteroatoms. The van der Waals surface area contributed by atoms with Crippen LogP contribution in [0.2, 0.25) is 19.6 Å². The van der Waals surface area contributed by atoms with Crippen LogP contribution in [-0.4, -0.2) is 14.0 Å². The zero-order valence-electron chi connectivity index (χ0n) is 8.52. The topological polar surface area (TPSA) is 12.0 Å². The Morgan fingerprint density at radius 2 is 1.64 bits per heavy atom. The van der Waals surface area contributed by atoms with Crippen LogP contribution in [0, 0.1) is 5.41 Å². The van der Waals surface area contributed by atoms with Gasteiger partial charge in [-0.3, -0.25) is 4.75 Å². The van der Waals surface area contributed by atoms with Gasteiger partial charge in [-0.15, -0.1) is 0 Å². The smallest absolute Gasteiger partial charge is 0.125 e. The lowest BCUT2D eigenvalue weighted by Crippen LogP contribution is -2.34. The van der Waals surface area contributed by atoms with Gasteiger partial charge in [-0.2, -0.15) is 0 Å². The summed E-state index contributed by atoms with van der Waals surface area (Å²) < 4.78 is 3.53. The zero-order chi connectivity index (χ0) is 9.12. The van der Waals surface area contributed by atoms with E-state index in [4.69, 9.17) is 0 Å². The first-order valence-corrected chi connectivity index (χ1v) is 8.48. The Labute approximate surface area is 73.5 Å². The lowest BCUT2D eigenvalue weighted by atomic mass is 10.0. The number of rotatable bonds is 2. The molecule has 1 nitrogen and oxygen atoms in total. The van der Waals surface area contributed by atoms with Crippen molar-refractivity contribution < 1.29 is 0 Å². The molecule has 0 unspecified atom stereocenters. The first-order valence-electron chi connectivity index (χ1n) is 4.02. The molecule has 0 aromatic heterocycles. The maximum Gasteiger partial charge on any atom is 0.125 e. The summed E-state index contributed by atoms with van der Waals surface area (Å²) in [6, 6.07) is 0. The van der Waals surface area contributed by atoms with Crippen LogP contribution in [0.5, 0.6) is 0 Å². The Morgan fingerprint density at radius 3 is 1.91 bits per heavy atom. The van der Waals surface area contributed by atoms with Gasteiger partial charge in [-0.25, -0.2) is 0 Å². The standard InChI is InChI=1S/C8H20NPSi/c1-8(2,3)7-10-9-11(4,5)6/h7,9H,1-6H3. The van der Waals surface area contributed by atoms with Crippen molar-refractivity contribution in [3.8, 4) is 0 Å². The van der Waals surface area contributed by atoms with Crippen LogP contribution < -0.4 is 4.75 Å². The number of hydrogen-bond acceptors (Lipinski definition) is 1. The van der Waals surface area contributed by atoms with Crippen molar-refractivity contribution in [1.82, 2.24) is 4.75 Å². The maximum atomic E-state index is 3.53. The van der Waals surface area contributed by atoms with E-state index in [1.807, 2.05) is 0 Å². The monoisotopic (exact) mass is 189 g/mol. The second-order valence-corrected chi connectivity index (χ2v) is 10.9.